The number of primary amides is 1. The number of ether oxygens (including phenoxy) is 1. The molecule has 182 valence electrons. The number of carbonyl (C=O) groups excluding carboxylic acids is 1. The molecule has 5 N–H and O–H groups in total. The van der Waals surface area contributed by atoms with Gasteiger partial charge in [-0.2, -0.15) is 13.2 Å². The van der Waals surface area contributed by atoms with Crippen LogP contribution in [0.1, 0.15) is 12.5 Å². The number of alkyl halides is 3. The summed E-state index contributed by atoms with van der Waals surface area (Å²) < 4.78 is 46.1. The van der Waals surface area contributed by atoms with Crippen LogP contribution in [0.2, 0.25) is 0 Å². The number of amides is 1. The third-order valence-electron chi connectivity index (χ3n) is 5.09. The lowest BCUT2D eigenvalue weighted by Crippen LogP contribution is -2.34. The number of pyridine rings is 1. The minimum absolute atomic E-state index is 0.121. The summed E-state index contributed by atoms with van der Waals surface area (Å²) in [5.41, 5.74) is 13.0. The number of hydrogen-bond donors (Lipinski definition) is 3. The van der Waals surface area contributed by atoms with Crippen molar-refractivity contribution in [2.75, 3.05) is 10.2 Å². The first-order valence-corrected chi connectivity index (χ1v) is 11.0. The fourth-order valence-electron chi connectivity index (χ4n) is 3.60. The summed E-state index contributed by atoms with van der Waals surface area (Å²) in [5, 5.41) is 3.06. The van der Waals surface area contributed by atoms with Crippen LogP contribution in [0.4, 0.5) is 30.5 Å². The van der Waals surface area contributed by atoms with E-state index in [2.05, 4.69) is 36.2 Å². The highest BCUT2D eigenvalue weighted by Crippen LogP contribution is 2.41. The maximum atomic E-state index is 13.5. The number of halogens is 4. The molecule has 1 aliphatic heterocycles. The van der Waals surface area contributed by atoms with Gasteiger partial charge >= 0.3 is 6.18 Å². The van der Waals surface area contributed by atoms with Gasteiger partial charge < -0.3 is 21.5 Å². The molecule has 0 radical (unpaired) electrons. The highest BCUT2D eigenvalue weighted by Gasteiger charge is 2.48. The molecule has 0 spiro atoms. The zero-order chi connectivity index (χ0) is 25.3. The van der Waals surface area contributed by atoms with E-state index in [0.29, 0.717) is 16.9 Å². The minimum Gasteiger partial charge on any atom is -0.463 e. The first kappa shape index (κ1) is 24.4. The van der Waals surface area contributed by atoms with Gasteiger partial charge in [-0.05, 0) is 52.7 Å². The minimum atomic E-state index is -4.89. The van der Waals surface area contributed by atoms with Crippen molar-refractivity contribution < 1.29 is 22.7 Å². The van der Waals surface area contributed by atoms with E-state index in [4.69, 9.17) is 16.2 Å². The molecule has 0 aliphatic carbocycles. The van der Waals surface area contributed by atoms with Crippen molar-refractivity contribution in [3.8, 4) is 11.3 Å². The summed E-state index contributed by atoms with van der Waals surface area (Å²) in [5.74, 6) is -2.48. The molecule has 3 aromatic rings. The highest BCUT2D eigenvalue weighted by atomic mass is 79.9. The molecule has 35 heavy (non-hydrogen) atoms. The van der Waals surface area contributed by atoms with E-state index in [1.807, 2.05) is 6.07 Å². The van der Waals surface area contributed by atoms with Gasteiger partial charge in [-0.1, -0.05) is 6.07 Å². The lowest BCUT2D eigenvalue weighted by Gasteiger charge is -2.25. The van der Waals surface area contributed by atoms with E-state index < -0.39 is 29.8 Å². The molecular weight excluding hydrogens is 531 g/mol. The number of nitrogens with one attached hydrogen (secondary N) is 1. The number of nitrogens with two attached hydrogens (primary N) is 2. The predicted octanol–water partition coefficient (Wildman–Crippen LogP) is 3.95. The number of hydrogen-bond acceptors (Lipinski definition) is 8. The summed E-state index contributed by atoms with van der Waals surface area (Å²) >= 11 is 3.37. The van der Waals surface area contributed by atoms with E-state index in [1.54, 1.807) is 30.7 Å². The fraction of sp³-hybridized carbons (Fsp3) is 0.182. The lowest BCUT2D eigenvalue weighted by molar-refractivity contribution is -0.134. The average molecular weight is 550 g/mol. The van der Waals surface area contributed by atoms with Crippen LogP contribution in [0.5, 0.6) is 0 Å². The Hall–Kier alpha value is -3.71. The molecule has 13 heteroatoms. The largest absolute Gasteiger partial charge is 0.463 e. The third kappa shape index (κ3) is 5.05. The summed E-state index contributed by atoms with van der Waals surface area (Å²) in [6.45, 7) is 1.50. The lowest BCUT2D eigenvalue weighted by atomic mass is 10.1. The Bertz CT molecular complexity index is 1320. The molecule has 1 amide bonds. The molecule has 0 bridgehead atoms. The van der Waals surface area contributed by atoms with Gasteiger partial charge in [0.25, 0.3) is 5.91 Å². The number of benzene rings is 1. The normalized spacial score (nSPS) is 15.8. The maximum Gasteiger partial charge on any atom is 0.451 e. The van der Waals surface area contributed by atoms with Crippen molar-refractivity contribution in [2.45, 2.75) is 25.9 Å². The summed E-state index contributed by atoms with van der Waals surface area (Å²) in [6, 6.07) is 8.23. The van der Waals surface area contributed by atoms with Crippen LogP contribution < -0.4 is 21.7 Å². The van der Waals surface area contributed by atoms with E-state index in [0.717, 1.165) is 14.9 Å². The SMILES string of the molecule is CC1OC(C(F)(F)F)=C(C(N)=O)N1c1ccc(CN)c(Nc2nccc(-c3cncc(Br)c3)n2)c1. The van der Waals surface area contributed by atoms with Gasteiger partial charge in [0.05, 0.1) is 5.69 Å². The molecule has 1 aliphatic rings. The van der Waals surface area contributed by atoms with Crippen molar-refractivity contribution >= 4 is 39.2 Å². The number of rotatable bonds is 6. The standard InChI is InChI=1S/C22H19BrF3N7O2/c1-11-33(18(20(28)34)19(35-11)22(24,25)26)15-3-2-12(8-27)17(7-15)32-21-30-5-4-16(31-21)13-6-14(23)10-29-9-13/h2-7,9-11H,8,27H2,1H3,(H2,28,34)(H,30,31,32). The molecule has 0 saturated heterocycles. The number of nitrogens with zero attached hydrogens (tertiary/aromatic N) is 4. The summed E-state index contributed by atoms with van der Waals surface area (Å²) in [6.07, 6.45) is -1.17. The van der Waals surface area contributed by atoms with E-state index >= 15 is 0 Å². The predicted molar refractivity (Wildman–Crippen MR) is 126 cm³/mol. The maximum absolute atomic E-state index is 13.5. The van der Waals surface area contributed by atoms with Crippen LogP contribution in [-0.4, -0.2) is 33.3 Å². The van der Waals surface area contributed by atoms with Crippen LogP contribution in [0.15, 0.2) is 64.9 Å². The van der Waals surface area contributed by atoms with Gasteiger partial charge in [0.2, 0.25) is 11.7 Å². The smallest absolute Gasteiger partial charge is 0.451 e. The van der Waals surface area contributed by atoms with Gasteiger partial charge in [0.15, 0.2) is 11.9 Å². The van der Waals surface area contributed by atoms with Crippen molar-refractivity contribution in [3.63, 3.8) is 0 Å². The monoisotopic (exact) mass is 549 g/mol. The van der Waals surface area contributed by atoms with Gasteiger partial charge in [0, 0.05) is 46.5 Å². The number of allylic oxidation sites excluding steroid dienone is 1. The second-order valence-electron chi connectivity index (χ2n) is 7.45. The highest BCUT2D eigenvalue weighted by molar-refractivity contribution is 9.10. The van der Waals surface area contributed by atoms with Crippen LogP contribution >= 0.6 is 15.9 Å². The number of aromatic nitrogens is 3. The molecule has 3 heterocycles. The van der Waals surface area contributed by atoms with Gasteiger partial charge in [-0.3, -0.25) is 14.7 Å². The zero-order valence-corrected chi connectivity index (χ0v) is 19.8. The molecule has 9 nitrogen and oxygen atoms in total. The second kappa shape index (κ2) is 9.50. The van der Waals surface area contributed by atoms with Gasteiger partial charge in [0.1, 0.15) is 0 Å². The first-order chi connectivity index (χ1) is 16.6. The molecule has 1 aromatic carbocycles. The van der Waals surface area contributed by atoms with Gasteiger partial charge in [-0.25, -0.2) is 9.97 Å². The van der Waals surface area contributed by atoms with Gasteiger partial charge in [-0.15, -0.1) is 0 Å². The molecule has 1 atom stereocenters. The first-order valence-electron chi connectivity index (χ1n) is 10.2. The molecule has 0 saturated carbocycles. The average Bonchev–Trinajstić information content (AvgIpc) is 3.17. The molecule has 4 rings (SSSR count). The third-order valence-corrected chi connectivity index (χ3v) is 5.53. The Labute approximate surface area is 206 Å². The topological polar surface area (TPSA) is 132 Å². The Morgan fingerprint density at radius 2 is 2.03 bits per heavy atom. The Kier molecular flexibility index (Phi) is 6.63. The van der Waals surface area contributed by atoms with Crippen LogP contribution in [0.25, 0.3) is 11.3 Å². The quantitative estimate of drug-likeness (QED) is 0.421. The van der Waals surface area contributed by atoms with Crippen LogP contribution in [0, 0.1) is 0 Å². The zero-order valence-electron chi connectivity index (χ0n) is 18.2. The Morgan fingerprint density at radius 1 is 1.26 bits per heavy atom. The molecule has 1 unspecified atom stereocenters. The number of carbonyl (C=O) groups is 1. The second-order valence-corrected chi connectivity index (χ2v) is 8.37. The van der Waals surface area contributed by atoms with Crippen molar-refractivity contribution in [3.05, 3.63) is 70.4 Å². The van der Waals surface area contributed by atoms with Crippen molar-refractivity contribution in [1.29, 1.82) is 0 Å². The Morgan fingerprint density at radius 3 is 2.69 bits per heavy atom. The molecular formula is C22H19BrF3N7O2. The van der Waals surface area contributed by atoms with Crippen LogP contribution in [0.3, 0.4) is 0 Å². The van der Waals surface area contributed by atoms with Crippen molar-refractivity contribution in [1.82, 2.24) is 15.0 Å². The van der Waals surface area contributed by atoms with Crippen LogP contribution in [-0.2, 0) is 16.1 Å². The van der Waals surface area contributed by atoms with E-state index in [1.165, 1.54) is 19.1 Å². The van der Waals surface area contributed by atoms with E-state index in [9.17, 15) is 18.0 Å². The van der Waals surface area contributed by atoms with E-state index in [-0.39, 0.29) is 18.2 Å². The number of anilines is 3. The fourth-order valence-corrected chi connectivity index (χ4v) is 3.97. The van der Waals surface area contributed by atoms with Crippen molar-refractivity contribution in [2.24, 2.45) is 11.5 Å². The summed E-state index contributed by atoms with van der Waals surface area (Å²) in [7, 11) is 0. The molecule has 2 aromatic heterocycles. The Balaban J connectivity index is 1.72. The summed E-state index contributed by atoms with van der Waals surface area (Å²) in [4.78, 5) is 25.9. The molecule has 0 fully saturated rings.